The highest BCUT2D eigenvalue weighted by Crippen LogP contribution is 2.40. The van der Waals surface area contributed by atoms with Crippen LogP contribution in [0.4, 0.5) is 0 Å². The maximum atomic E-state index is 10.7. The van der Waals surface area contributed by atoms with Crippen molar-refractivity contribution in [1.82, 2.24) is 5.32 Å². The zero-order valence-electron chi connectivity index (χ0n) is 7.28. The van der Waals surface area contributed by atoms with Gasteiger partial charge >= 0.3 is 5.97 Å². The summed E-state index contributed by atoms with van der Waals surface area (Å²) in [4.78, 5) is 10.8. The molecule has 0 bridgehead atoms. The molecule has 2 saturated heterocycles. The molecule has 0 saturated carbocycles. The zero-order valence-corrected chi connectivity index (χ0v) is 8.92. The molecule has 2 atom stereocenters. The van der Waals surface area contributed by atoms with Crippen molar-refractivity contribution in [3.05, 3.63) is 0 Å². The van der Waals surface area contributed by atoms with Gasteiger partial charge in [0.2, 0.25) is 0 Å². The van der Waals surface area contributed by atoms with Crippen LogP contribution < -0.4 is 5.32 Å². The number of hydrogen-bond donors (Lipinski definition) is 2. The summed E-state index contributed by atoms with van der Waals surface area (Å²) >= 11 is 3.72. The molecule has 2 unspecified atom stereocenters. The van der Waals surface area contributed by atoms with Crippen LogP contribution in [0.1, 0.15) is 12.8 Å². The van der Waals surface area contributed by atoms with Gasteiger partial charge in [-0.25, -0.2) is 0 Å². The summed E-state index contributed by atoms with van der Waals surface area (Å²) in [6.45, 7) is 0. The quantitative estimate of drug-likeness (QED) is 0.689. The molecule has 2 aliphatic rings. The minimum Gasteiger partial charge on any atom is -0.480 e. The number of carboxylic acids is 1. The molecule has 2 aliphatic heterocycles. The van der Waals surface area contributed by atoms with E-state index in [-0.39, 0.29) is 10.9 Å². The third-order valence-corrected chi connectivity index (χ3v) is 5.44. The molecule has 0 aromatic carbocycles. The van der Waals surface area contributed by atoms with E-state index in [0.717, 1.165) is 17.9 Å². The summed E-state index contributed by atoms with van der Waals surface area (Å²) in [5, 5.41) is 12.1. The molecule has 74 valence electrons. The fraction of sp³-hybridized carbons (Fsp3) is 0.875. The van der Waals surface area contributed by atoms with E-state index in [2.05, 4.69) is 5.32 Å². The van der Waals surface area contributed by atoms with E-state index < -0.39 is 5.97 Å². The number of nitrogens with one attached hydrogen (secondary N) is 1. The van der Waals surface area contributed by atoms with Gasteiger partial charge < -0.3 is 5.11 Å². The largest absolute Gasteiger partial charge is 0.480 e. The summed E-state index contributed by atoms with van der Waals surface area (Å²) in [5.41, 5.74) is 0. The first kappa shape index (κ1) is 9.68. The van der Waals surface area contributed by atoms with Crippen LogP contribution >= 0.6 is 23.5 Å². The lowest BCUT2D eigenvalue weighted by Gasteiger charge is -2.32. The fourth-order valence-corrected chi connectivity index (χ4v) is 4.63. The van der Waals surface area contributed by atoms with Gasteiger partial charge in [-0.05, 0) is 18.6 Å². The third-order valence-electron chi connectivity index (χ3n) is 2.47. The molecule has 5 heteroatoms. The van der Waals surface area contributed by atoms with Crippen LogP contribution in [0.2, 0.25) is 0 Å². The van der Waals surface area contributed by atoms with Crippen molar-refractivity contribution in [3.8, 4) is 0 Å². The van der Waals surface area contributed by atoms with E-state index >= 15 is 0 Å². The van der Waals surface area contributed by atoms with Gasteiger partial charge in [0.25, 0.3) is 0 Å². The van der Waals surface area contributed by atoms with E-state index in [1.165, 1.54) is 12.2 Å². The topological polar surface area (TPSA) is 49.3 Å². The molecular weight excluding hydrogens is 206 g/mol. The van der Waals surface area contributed by atoms with E-state index in [1.807, 2.05) is 11.8 Å². The number of aliphatic carboxylic acids is 1. The maximum Gasteiger partial charge on any atom is 0.321 e. The highest BCUT2D eigenvalue weighted by Gasteiger charge is 2.42. The van der Waals surface area contributed by atoms with Gasteiger partial charge in [-0.1, -0.05) is 0 Å². The van der Waals surface area contributed by atoms with Gasteiger partial charge in [-0.3, -0.25) is 10.1 Å². The Morgan fingerprint density at radius 3 is 3.00 bits per heavy atom. The van der Waals surface area contributed by atoms with Crippen LogP contribution in [0, 0.1) is 0 Å². The Morgan fingerprint density at radius 1 is 1.62 bits per heavy atom. The average molecular weight is 219 g/mol. The first-order valence-electron chi connectivity index (χ1n) is 4.44. The summed E-state index contributed by atoms with van der Waals surface area (Å²) in [6.07, 6.45) is 2.32. The molecule has 0 radical (unpaired) electrons. The highest BCUT2D eigenvalue weighted by atomic mass is 32.2. The predicted molar refractivity (Wildman–Crippen MR) is 56.3 cm³/mol. The first-order valence-corrected chi connectivity index (χ1v) is 6.58. The third kappa shape index (κ3) is 1.97. The molecule has 2 fully saturated rings. The van der Waals surface area contributed by atoms with E-state index in [1.54, 1.807) is 11.8 Å². The lowest BCUT2D eigenvalue weighted by atomic mass is 10.1. The molecule has 0 aliphatic carbocycles. The minimum absolute atomic E-state index is 0.0754. The van der Waals surface area contributed by atoms with E-state index in [9.17, 15) is 4.79 Å². The summed E-state index contributed by atoms with van der Waals surface area (Å²) < 4.78 is 0. The van der Waals surface area contributed by atoms with E-state index in [0.29, 0.717) is 0 Å². The van der Waals surface area contributed by atoms with Crippen molar-refractivity contribution in [2.75, 3.05) is 17.3 Å². The normalized spacial score (nSPS) is 39.5. The van der Waals surface area contributed by atoms with Gasteiger partial charge in [0, 0.05) is 11.5 Å². The Balaban J connectivity index is 1.98. The van der Waals surface area contributed by atoms with Crippen LogP contribution in [0.15, 0.2) is 0 Å². The van der Waals surface area contributed by atoms with Gasteiger partial charge in [-0.15, -0.1) is 11.8 Å². The molecule has 1 spiro atoms. The average Bonchev–Trinajstić information content (AvgIpc) is 2.51. The fourth-order valence-electron chi connectivity index (χ4n) is 1.77. The molecule has 2 heterocycles. The Morgan fingerprint density at radius 2 is 2.46 bits per heavy atom. The monoisotopic (exact) mass is 219 g/mol. The smallest absolute Gasteiger partial charge is 0.321 e. The summed E-state index contributed by atoms with van der Waals surface area (Å²) in [5.74, 6) is 2.29. The van der Waals surface area contributed by atoms with Gasteiger partial charge in [0.1, 0.15) is 6.04 Å². The van der Waals surface area contributed by atoms with Crippen molar-refractivity contribution < 1.29 is 9.90 Å². The van der Waals surface area contributed by atoms with Gasteiger partial charge in [-0.2, -0.15) is 11.8 Å². The van der Waals surface area contributed by atoms with Crippen molar-refractivity contribution in [2.24, 2.45) is 0 Å². The van der Waals surface area contributed by atoms with Crippen LogP contribution in [0.25, 0.3) is 0 Å². The lowest BCUT2D eigenvalue weighted by Crippen LogP contribution is -2.48. The Kier molecular flexibility index (Phi) is 2.76. The number of hydrogen-bond acceptors (Lipinski definition) is 4. The Labute approximate surface area is 86.0 Å². The Hall–Kier alpha value is 0.130. The lowest BCUT2D eigenvalue weighted by molar-refractivity contribution is -0.138. The molecular formula is C8H13NO2S2. The second-order valence-corrected chi connectivity index (χ2v) is 6.01. The van der Waals surface area contributed by atoms with Crippen molar-refractivity contribution >= 4 is 29.5 Å². The number of carboxylic acid groups (broad SMARTS) is 1. The van der Waals surface area contributed by atoms with Crippen molar-refractivity contribution in [1.29, 1.82) is 0 Å². The second-order valence-electron chi connectivity index (χ2n) is 3.50. The SMILES string of the molecule is O=C(O)C1CSC2(CCCSC2)N1. The van der Waals surface area contributed by atoms with Gasteiger partial charge in [0.05, 0.1) is 4.87 Å². The first-order chi connectivity index (χ1) is 6.22. The minimum atomic E-state index is -0.708. The molecule has 0 amide bonds. The predicted octanol–water partition coefficient (Wildman–Crippen LogP) is 0.999. The second kappa shape index (κ2) is 3.71. The maximum absolute atomic E-state index is 10.7. The van der Waals surface area contributed by atoms with Crippen molar-refractivity contribution in [3.63, 3.8) is 0 Å². The van der Waals surface area contributed by atoms with E-state index in [4.69, 9.17) is 5.11 Å². The van der Waals surface area contributed by atoms with Crippen LogP contribution in [-0.2, 0) is 4.79 Å². The van der Waals surface area contributed by atoms with Crippen LogP contribution in [0.5, 0.6) is 0 Å². The molecule has 3 nitrogen and oxygen atoms in total. The molecule has 2 rings (SSSR count). The number of rotatable bonds is 1. The van der Waals surface area contributed by atoms with Crippen LogP contribution in [-0.4, -0.2) is 39.2 Å². The number of thioether (sulfide) groups is 2. The summed E-state index contributed by atoms with van der Waals surface area (Å²) in [6, 6.07) is -0.330. The zero-order chi connectivity index (χ0) is 9.31. The Bertz CT molecular complexity index is 216. The molecule has 2 N–H and O–H groups in total. The van der Waals surface area contributed by atoms with Gasteiger partial charge in [0.15, 0.2) is 0 Å². The summed E-state index contributed by atoms with van der Waals surface area (Å²) in [7, 11) is 0. The van der Waals surface area contributed by atoms with Crippen molar-refractivity contribution in [2.45, 2.75) is 23.8 Å². The number of carbonyl (C=O) groups is 1. The van der Waals surface area contributed by atoms with Crippen LogP contribution in [0.3, 0.4) is 0 Å². The molecule has 0 aromatic rings. The molecule has 0 aromatic heterocycles. The highest BCUT2D eigenvalue weighted by molar-refractivity contribution is 8.04. The molecule has 13 heavy (non-hydrogen) atoms. The standard InChI is InChI=1S/C8H13NO2S2/c10-7(11)6-4-13-8(9-6)2-1-3-12-5-8/h6,9H,1-5H2,(H,10,11).